The third kappa shape index (κ3) is 4.27. The molecule has 0 unspecified atom stereocenters. The topological polar surface area (TPSA) is 50.6 Å². The standard InChI is InChI=1S/C21H29ClN4O2/c1-5-28-18-9-7-6-8-17(18)24-10-12-25(13-11-24)21(27)19-16(4)23-26(20(19)22)14-15(2)3/h6-9,15H,5,10-14H2,1-4H3. The largest absolute Gasteiger partial charge is 0.492 e. The summed E-state index contributed by atoms with van der Waals surface area (Å²) in [6.07, 6.45) is 0. The fourth-order valence-corrected chi connectivity index (χ4v) is 3.89. The van der Waals surface area contributed by atoms with E-state index >= 15 is 0 Å². The minimum atomic E-state index is -0.0322. The summed E-state index contributed by atoms with van der Waals surface area (Å²) in [5.41, 5.74) is 2.31. The van der Waals surface area contributed by atoms with Gasteiger partial charge in [0.25, 0.3) is 5.91 Å². The number of nitrogens with zero attached hydrogens (tertiary/aromatic N) is 4. The summed E-state index contributed by atoms with van der Waals surface area (Å²) in [7, 11) is 0. The first-order valence-electron chi connectivity index (χ1n) is 9.91. The van der Waals surface area contributed by atoms with Gasteiger partial charge in [-0.1, -0.05) is 37.6 Å². The number of hydrogen-bond donors (Lipinski definition) is 0. The molecule has 1 saturated heterocycles. The molecule has 1 aromatic carbocycles. The monoisotopic (exact) mass is 404 g/mol. The highest BCUT2D eigenvalue weighted by Gasteiger charge is 2.28. The molecule has 152 valence electrons. The molecule has 0 radical (unpaired) electrons. The molecule has 6 nitrogen and oxygen atoms in total. The molecule has 0 atom stereocenters. The average molecular weight is 405 g/mol. The summed E-state index contributed by atoms with van der Waals surface area (Å²) in [6, 6.07) is 8.05. The van der Waals surface area contributed by atoms with E-state index in [4.69, 9.17) is 16.3 Å². The van der Waals surface area contributed by atoms with Crippen molar-refractivity contribution in [1.82, 2.24) is 14.7 Å². The molecule has 0 spiro atoms. The Morgan fingerprint density at radius 3 is 2.54 bits per heavy atom. The number of carbonyl (C=O) groups excluding carboxylic acids is 1. The highest BCUT2D eigenvalue weighted by molar-refractivity contribution is 6.33. The smallest absolute Gasteiger partial charge is 0.259 e. The quantitative estimate of drug-likeness (QED) is 0.733. The van der Waals surface area contributed by atoms with Gasteiger partial charge in [0.15, 0.2) is 0 Å². The Balaban J connectivity index is 1.70. The molecule has 2 heterocycles. The van der Waals surface area contributed by atoms with Crippen LogP contribution in [0, 0.1) is 12.8 Å². The van der Waals surface area contributed by atoms with Crippen molar-refractivity contribution >= 4 is 23.2 Å². The first-order chi connectivity index (χ1) is 13.4. The summed E-state index contributed by atoms with van der Waals surface area (Å²) in [5, 5.41) is 4.92. The lowest BCUT2D eigenvalue weighted by Gasteiger charge is -2.36. The molecule has 1 aromatic heterocycles. The molecule has 1 aliphatic rings. The molecule has 0 bridgehead atoms. The van der Waals surface area contributed by atoms with Gasteiger partial charge in [0.1, 0.15) is 10.9 Å². The van der Waals surface area contributed by atoms with Crippen molar-refractivity contribution in [3.8, 4) is 5.75 Å². The van der Waals surface area contributed by atoms with E-state index in [1.807, 2.05) is 36.9 Å². The normalized spacial score (nSPS) is 14.6. The predicted molar refractivity (Wildman–Crippen MR) is 113 cm³/mol. The Morgan fingerprint density at radius 1 is 1.21 bits per heavy atom. The second-order valence-electron chi connectivity index (χ2n) is 7.51. The van der Waals surface area contributed by atoms with Crippen LogP contribution >= 0.6 is 11.6 Å². The number of halogens is 1. The number of ether oxygens (including phenoxy) is 1. The van der Waals surface area contributed by atoms with Gasteiger partial charge in [-0.15, -0.1) is 0 Å². The molecule has 1 amide bonds. The molecular weight excluding hydrogens is 376 g/mol. The van der Waals surface area contributed by atoms with Crippen molar-refractivity contribution in [1.29, 1.82) is 0 Å². The molecule has 1 fully saturated rings. The lowest BCUT2D eigenvalue weighted by atomic mass is 10.2. The van der Waals surface area contributed by atoms with Crippen LogP contribution in [0.5, 0.6) is 5.75 Å². The lowest BCUT2D eigenvalue weighted by Crippen LogP contribution is -2.49. The summed E-state index contributed by atoms with van der Waals surface area (Å²) >= 11 is 6.49. The maximum absolute atomic E-state index is 13.1. The van der Waals surface area contributed by atoms with E-state index in [9.17, 15) is 4.79 Å². The average Bonchev–Trinajstić information content (AvgIpc) is 2.95. The number of piperazine rings is 1. The maximum atomic E-state index is 13.1. The molecule has 1 aliphatic heterocycles. The fraction of sp³-hybridized carbons (Fsp3) is 0.524. The van der Waals surface area contributed by atoms with E-state index in [1.165, 1.54) is 0 Å². The van der Waals surface area contributed by atoms with Crippen LogP contribution in [-0.4, -0.2) is 53.4 Å². The first-order valence-corrected chi connectivity index (χ1v) is 10.3. The van der Waals surface area contributed by atoms with Gasteiger partial charge in [-0.3, -0.25) is 9.48 Å². The zero-order chi connectivity index (χ0) is 20.3. The van der Waals surface area contributed by atoms with Gasteiger partial charge in [0.05, 0.1) is 23.6 Å². The van der Waals surface area contributed by atoms with Gasteiger partial charge in [-0.2, -0.15) is 5.10 Å². The minimum Gasteiger partial charge on any atom is -0.492 e. The van der Waals surface area contributed by atoms with Gasteiger partial charge in [0.2, 0.25) is 0 Å². The van der Waals surface area contributed by atoms with Crippen molar-refractivity contribution in [2.24, 2.45) is 5.92 Å². The molecule has 28 heavy (non-hydrogen) atoms. The van der Waals surface area contributed by atoms with E-state index in [1.54, 1.807) is 4.68 Å². The molecule has 2 aromatic rings. The third-order valence-electron chi connectivity index (χ3n) is 4.89. The Labute approximate surface area is 172 Å². The summed E-state index contributed by atoms with van der Waals surface area (Å²) in [5.74, 6) is 1.27. The molecule has 0 saturated carbocycles. The number of para-hydroxylation sites is 2. The van der Waals surface area contributed by atoms with Crippen molar-refractivity contribution in [2.45, 2.75) is 34.2 Å². The van der Waals surface area contributed by atoms with E-state index in [2.05, 4.69) is 29.9 Å². The molecule has 0 N–H and O–H groups in total. The lowest BCUT2D eigenvalue weighted by molar-refractivity contribution is 0.0746. The van der Waals surface area contributed by atoms with E-state index < -0.39 is 0 Å². The summed E-state index contributed by atoms with van der Waals surface area (Å²) in [4.78, 5) is 17.2. The minimum absolute atomic E-state index is 0.0322. The number of carbonyl (C=O) groups is 1. The van der Waals surface area contributed by atoms with Gasteiger partial charge in [0, 0.05) is 32.7 Å². The summed E-state index contributed by atoms with van der Waals surface area (Å²) < 4.78 is 7.49. The zero-order valence-electron chi connectivity index (χ0n) is 17.1. The number of rotatable bonds is 6. The SMILES string of the molecule is CCOc1ccccc1N1CCN(C(=O)c2c(C)nn(CC(C)C)c2Cl)CC1. The fourth-order valence-electron chi connectivity index (χ4n) is 3.57. The van der Waals surface area contributed by atoms with Crippen molar-refractivity contribution < 1.29 is 9.53 Å². The van der Waals surface area contributed by atoms with E-state index in [0.717, 1.165) is 24.5 Å². The predicted octanol–water partition coefficient (Wildman–Crippen LogP) is 3.86. The van der Waals surface area contributed by atoms with Crippen LogP contribution in [-0.2, 0) is 6.54 Å². The molecule has 7 heteroatoms. The Morgan fingerprint density at radius 2 is 1.89 bits per heavy atom. The van der Waals surface area contributed by atoms with Crippen molar-refractivity contribution in [3.63, 3.8) is 0 Å². The molecular formula is C21H29ClN4O2. The summed E-state index contributed by atoms with van der Waals surface area (Å²) in [6.45, 7) is 12.2. The van der Waals surface area contributed by atoms with Gasteiger partial charge in [-0.05, 0) is 31.9 Å². The Bertz CT molecular complexity index is 826. The number of hydrogen-bond acceptors (Lipinski definition) is 4. The van der Waals surface area contributed by atoms with E-state index in [-0.39, 0.29) is 5.91 Å². The van der Waals surface area contributed by atoms with Crippen LogP contribution in [0.25, 0.3) is 0 Å². The second kappa shape index (κ2) is 8.86. The van der Waals surface area contributed by atoms with Gasteiger partial charge in [-0.25, -0.2) is 0 Å². The number of benzene rings is 1. The molecule has 0 aliphatic carbocycles. The van der Waals surface area contributed by atoms with Crippen LogP contribution in [0.15, 0.2) is 24.3 Å². The highest BCUT2D eigenvalue weighted by Crippen LogP contribution is 2.29. The van der Waals surface area contributed by atoms with Crippen LogP contribution in [0.1, 0.15) is 36.8 Å². The number of aromatic nitrogens is 2. The first kappa shape index (κ1) is 20.5. The van der Waals surface area contributed by atoms with Crippen LogP contribution in [0.2, 0.25) is 5.15 Å². The number of aryl methyl sites for hydroxylation is 1. The molecule has 3 rings (SSSR count). The second-order valence-corrected chi connectivity index (χ2v) is 7.87. The van der Waals surface area contributed by atoms with E-state index in [0.29, 0.717) is 48.6 Å². The van der Waals surface area contributed by atoms with Gasteiger partial charge >= 0.3 is 0 Å². The maximum Gasteiger partial charge on any atom is 0.259 e. The zero-order valence-corrected chi connectivity index (χ0v) is 17.9. The highest BCUT2D eigenvalue weighted by atomic mass is 35.5. The number of anilines is 1. The van der Waals surface area contributed by atoms with Crippen LogP contribution in [0.4, 0.5) is 5.69 Å². The van der Waals surface area contributed by atoms with Crippen LogP contribution < -0.4 is 9.64 Å². The van der Waals surface area contributed by atoms with Crippen LogP contribution in [0.3, 0.4) is 0 Å². The Kier molecular flexibility index (Phi) is 6.50. The Hall–Kier alpha value is -2.21. The van der Waals surface area contributed by atoms with Crippen molar-refractivity contribution in [2.75, 3.05) is 37.7 Å². The number of amides is 1. The van der Waals surface area contributed by atoms with Crippen molar-refractivity contribution in [3.05, 3.63) is 40.7 Å². The van der Waals surface area contributed by atoms with Gasteiger partial charge < -0.3 is 14.5 Å². The third-order valence-corrected chi connectivity index (χ3v) is 5.27.